The predicted octanol–water partition coefficient (Wildman–Crippen LogP) is -1.28. The SMILES string of the molecule is CNNN=NNNC. The molecular formula is C2H10N6. The first-order valence-electron chi connectivity index (χ1n) is 2.15. The highest BCUT2D eigenvalue weighted by molar-refractivity contribution is 4.09. The van der Waals surface area contributed by atoms with Gasteiger partial charge in [-0.25, -0.2) is 21.9 Å². The Morgan fingerprint density at radius 1 is 0.875 bits per heavy atom. The fourth-order valence-electron chi connectivity index (χ4n) is 0.150. The lowest BCUT2D eigenvalue weighted by Crippen LogP contribution is -2.25. The predicted molar refractivity (Wildman–Crippen MR) is 29.2 cm³/mol. The summed E-state index contributed by atoms with van der Waals surface area (Å²) in [6.45, 7) is 0. The third-order valence-electron chi connectivity index (χ3n) is 0.374. The monoisotopic (exact) mass is 118 g/mol. The van der Waals surface area contributed by atoms with Gasteiger partial charge in [-0.2, -0.15) is 0 Å². The van der Waals surface area contributed by atoms with Crippen molar-refractivity contribution in [2.45, 2.75) is 0 Å². The van der Waals surface area contributed by atoms with Crippen molar-refractivity contribution >= 4 is 0 Å². The average molecular weight is 118 g/mol. The molecule has 0 aliphatic carbocycles. The molecule has 0 heterocycles. The Kier molecular flexibility index (Phi) is 5.45. The Morgan fingerprint density at radius 2 is 1.25 bits per heavy atom. The highest BCUT2D eigenvalue weighted by Gasteiger charge is 1.63. The van der Waals surface area contributed by atoms with Crippen LogP contribution in [0.15, 0.2) is 10.4 Å². The van der Waals surface area contributed by atoms with E-state index in [1.54, 1.807) is 14.1 Å². The molecule has 0 aromatic carbocycles. The van der Waals surface area contributed by atoms with Gasteiger partial charge in [0.1, 0.15) is 0 Å². The molecule has 0 rings (SSSR count). The van der Waals surface area contributed by atoms with Crippen LogP contribution < -0.4 is 21.9 Å². The van der Waals surface area contributed by atoms with Gasteiger partial charge in [0.05, 0.1) is 0 Å². The number of nitrogens with one attached hydrogen (secondary N) is 4. The molecule has 8 heavy (non-hydrogen) atoms. The van der Waals surface area contributed by atoms with E-state index in [2.05, 4.69) is 32.4 Å². The second-order valence-electron chi connectivity index (χ2n) is 0.924. The summed E-state index contributed by atoms with van der Waals surface area (Å²) in [6.07, 6.45) is 0. The molecular weight excluding hydrogens is 108 g/mol. The molecule has 0 aromatic rings. The lowest BCUT2D eigenvalue weighted by Gasteiger charge is -1.92. The number of rotatable bonds is 4. The van der Waals surface area contributed by atoms with Crippen LogP contribution in [0.2, 0.25) is 0 Å². The van der Waals surface area contributed by atoms with Crippen LogP contribution >= 0.6 is 0 Å². The molecule has 0 amide bonds. The van der Waals surface area contributed by atoms with E-state index in [1.165, 1.54) is 0 Å². The van der Waals surface area contributed by atoms with Crippen LogP contribution in [0.25, 0.3) is 0 Å². The first-order chi connectivity index (χ1) is 3.91. The van der Waals surface area contributed by atoms with E-state index in [9.17, 15) is 0 Å². The number of hydrogen-bond donors (Lipinski definition) is 4. The fourth-order valence-corrected chi connectivity index (χ4v) is 0.150. The molecule has 0 aliphatic rings. The van der Waals surface area contributed by atoms with Crippen molar-refractivity contribution in [3.63, 3.8) is 0 Å². The first kappa shape index (κ1) is 7.12. The summed E-state index contributed by atoms with van der Waals surface area (Å²) >= 11 is 0. The molecule has 0 aromatic heterocycles. The van der Waals surface area contributed by atoms with Crippen molar-refractivity contribution in [1.29, 1.82) is 0 Å². The molecule has 0 bridgehead atoms. The lowest BCUT2D eigenvalue weighted by atomic mass is 11.5. The Hall–Kier alpha value is -0.880. The van der Waals surface area contributed by atoms with Gasteiger partial charge < -0.3 is 0 Å². The summed E-state index contributed by atoms with van der Waals surface area (Å²) in [7, 11) is 3.39. The Bertz CT molecular complexity index is 51.5. The maximum absolute atomic E-state index is 3.37. The molecule has 0 spiro atoms. The highest BCUT2D eigenvalue weighted by atomic mass is 15.7. The Balaban J connectivity index is 2.83. The molecule has 0 fully saturated rings. The molecule has 0 unspecified atom stereocenters. The molecule has 0 saturated carbocycles. The molecule has 0 saturated heterocycles. The lowest BCUT2D eigenvalue weighted by molar-refractivity contribution is 0.517. The summed E-state index contributed by atoms with van der Waals surface area (Å²) < 4.78 is 0. The molecule has 4 N–H and O–H groups in total. The molecule has 0 radical (unpaired) electrons. The highest BCUT2D eigenvalue weighted by Crippen LogP contribution is 1.51. The van der Waals surface area contributed by atoms with Crippen molar-refractivity contribution in [1.82, 2.24) is 21.9 Å². The van der Waals surface area contributed by atoms with Crippen molar-refractivity contribution in [2.75, 3.05) is 14.1 Å². The van der Waals surface area contributed by atoms with Crippen LogP contribution in [-0.2, 0) is 0 Å². The van der Waals surface area contributed by atoms with Crippen LogP contribution in [0, 0.1) is 0 Å². The van der Waals surface area contributed by atoms with Gasteiger partial charge in [-0.3, -0.25) is 0 Å². The molecule has 6 nitrogen and oxygen atoms in total. The second-order valence-corrected chi connectivity index (χ2v) is 0.924. The van der Waals surface area contributed by atoms with Gasteiger partial charge in [-0.15, -0.1) is 0 Å². The van der Waals surface area contributed by atoms with E-state index >= 15 is 0 Å². The van der Waals surface area contributed by atoms with Gasteiger partial charge in [0.15, 0.2) is 0 Å². The van der Waals surface area contributed by atoms with Crippen LogP contribution in [0.1, 0.15) is 0 Å². The van der Waals surface area contributed by atoms with Crippen LogP contribution in [0.3, 0.4) is 0 Å². The van der Waals surface area contributed by atoms with Crippen LogP contribution in [-0.4, -0.2) is 14.1 Å². The van der Waals surface area contributed by atoms with E-state index in [0.717, 1.165) is 0 Å². The van der Waals surface area contributed by atoms with E-state index in [1.807, 2.05) is 0 Å². The Labute approximate surface area is 47.6 Å². The third kappa shape index (κ3) is 5.12. The zero-order valence-electron chi connectivity index (χ0n) is 4.89. The zero-order chi connectivity index (χ0) is 6.24. The van der Waals surface area contributed by atoms with Gasteiger partial charge in [0, 0.05) is 14.1 Å². The standard InChI is InChI=1S/C2H10N6/c1-3-5-7-8-6-4-2/h1-2H3,(H2,3,6,7)(H2,4,5,8). The number of hydrogen-bond acceptors (Lipinski definition) is 4. The van der Waals surface area contributed by atoms with Crippen LogP contribution in [0.4, 0.5) is 0 Å². The third-order valence-corrected chi connectivity index (χ3v) is 0.374. The maximum atomic E-state index is 3.37. The summed E-state index contributed by atoms with van der Waals surface area (Å²) in [5.41, 5.74) is 9.87. The fraction of sp³-hybridized carbons (Fsp3) is 1.00. The number of nitrogens with zero attached hydrogens (tertiary/aromatic N) is 2. The zero-order valence-corrected chi connectivity index (χ0v) is 4.89. The quantitative estimate of drug-likeness (QED) is 0.274. The minimum Gasteiger partial charge on any atom is -0.223 e. The molecule has 6 heteroatoms. The first-order valence-corrected chi connectivity index (χ1v) is 2.15. The summed E-state index contributed by atoms with van der Waals surface area (Å²) in [4.78, 5) is 0. The van der Waals surface area contributed by atoms with Gasteiger partial charge in [-0.05, 0) is 10.4 Å². The summed E-state index contributed by atoms with van der Waals surface area (Å²) in [5, 5.41) is 6.74. The van der Waals surface area contributed by atoms with Crippen molar-refractivity contribution in [3.8, 4) is 0 Å². The minimum atomic E-state index is 1.69. The maximum Gasteiger partial charge on any atom is 0.00495 e. The second kappa shape index (κ2) is 6.12. The topological polar surface area (TPSA) is 72.8 Å². The van der Waals surface area contributed by atoms with Crippen molar-refractivity contribution in [2.24, 2.45) is 10.4 Å². The average Bonchev–Trinajstić information content (AvgIpc) is 1.81. The van der Waals surface area contributed by atoms with Gasteiger partial charge in [-0.1, -0.05) is 0 Å². The van der Waals surface area contributed by atoms with E-state index in [-0.39, 0.29) is 0 Å². The van der Waals surface area contributed by atoms with Crippen molar-refractivity contribution in [3.05, 3.63) is 0 Å². The smallest absolute Gasteiger partial charge is 0.00495 e. The molecule has 0 aliphatic heterocycles. The van der Waals surface area contributed by atoms with Crippen LogP contribution in [0.5, 0.6) is 0 Å². The van der Waals surface area contributed by atoms with E-state index in [4.69, 9.17) is 0 Å². The summed E-state index contributed by atoms with van der Waals surface area (Å²) in [6, 6.07) is 0. The number of hydrazine groups is 2. The normalized spacial score (nSPS) is 9.75. The Morgan fingerprint density at radius 3 is 1.50 bits per heavy atom. The molecule has 48 valence electrons. The van der Waals surface area contributed by atoms with Crippen molar-refractivity contribution < 1.29 is 0 Å². The van der Waals surface area contributed by atoms with Gasteiger partial charge in [0.2, 0.25) is 0 Å². The summed E-state index contributed by atoms with van der Waals surface area (Å²) in [5.74, 6) is 0. The minimum absolute atomic E-state index is 1.69. The van der Waals surface area contributed by atoms with E-state index < -0.39 is 0 Å². The van der Waals surface area contributed by atoms with Gasteiger partial charge in [0.25, 0.3) is 0 Å². The molecule has 0 atom stereocenters. The van der Waals surface area contributed by atoms with E-state index in [0.29, 0.717) is 0 Å². The largest absolute Gasteiger partial charge is 0.223 e. The van der Waals surface area contributed by atoms with Gasteiger partial charge >= 0.3 is 0 Å².